The molecule has 6 atom stereocenters. The van der Waals surface area contributed by atoms with Crippen LogP contribution in [0.2, 0.25) is 0 Å². The van der Waals surface area contributed by atoms with E-state index in [0.717, 1.165) is 30.8 Å². The summed E-state index contributed by atoms with van der Waals surface area (Å²) in [4.78, 5) is 40.9. The molecule has 0 aromatic heterocycles. The molecule has 1 aliphatic carbocycles. The Morgan fingerprint density at radius 3 is 2.55 bits per heavy atom. The van der Waals surface area contributed by atoms with E-state index in [1.807, 2.05) is 31.0 Å². The Hall–Kier alpha value is -3.96. The van der Waals surface area contributed by atoms with E-state index in [1.54, 1.807) is 7.11 Å². The third-order valence-corrected chi connectivity index (χ3v) is 9.96. The summed E-state index contributed by atoms with van der Waals surface area (Å²) in [6, 6.07) is 10.4. The fraction of sp³-hybridized carbons (Fsp3) is 0.484. The van der Waals surface area contributed by atoms with Crippen LogP contribution >= 0.6 is 0 Å². The molecule has 11 heteroatoms. The highest BCUT2D eigenvalue weighted by Crippen LogP contribution is 2.67. The van der Waals surface area contributed by atoms with Crippen molar-refractivity contribution >= 4 is 23.3 Å². The molecule has 2 aromatic carbocycles. The lowest BCUT2D eigenvalue weighted by Gasteiger charge is -2.64. The van der Waals surface area contributed by atoms with Crippen LogP contribution in [0.4, 0.5) is 11.4 Å². The zero-order chi connectivity index (χ0) is 30.0. The van der Waals surface area contributed by atoms with E-state index in [4.69, 9.17) is 14.2 Å². The number of benzene rings is 2. The number of nitro groups is 1. The summed E-state index contributed by atoms with van der Waals surface area (Å²) in [7, 11) is 3.52. The van der Waals surface area contributed by atoms with Crippen molar-refractivity contribution in [3.05, 3.63) is 75.9 Å². The van der Waals surface area contributed by atoms with Crippen molar-refractivity contribution in [1.29, 1.82) is 0 Å². The smallest absolute Gasteiger partial charge is 0.338 e. The summed E-state index contributed by atoms with van der Waals surface area (Å²) in [6.07, 6.45) is 4.46. The number of esters is 2. The van der Waals surface area contributed by atoms with Crippen molar-refractivity contribution in [2.75, 3.05) is 38.8 Å². The normalized spacial score (nSPS) is 32.5. The molecule has 0 amide bonds. The van der Waals surface area contributed by atoms with Crippen LogP contribution in [0.25, 0.3) is 0 Å². The summed E-state index contributed by atoms with van der Waals surface area (Å²) < 4.78 is 17.5. The molecule has 1 saturated carbocycles. The van der Waals surface area contributed by atoms with Gasteiger partial charge in [0.25, 0.3) is 5.69 Å². The van der Waals surface area contributed by atoms with Gasteiger partial charge < -0.3 is 24.2 Å². The van der Waals surface area contributed by atoms with E-state index < -0.39 is 52.0 Å². The number of rotatable bonds is 7. The number of carbonyl (C=O) groups excluding carboxylic acids is 2. The largest absolute Gasteiger partial charge is 0.497 e. The van der Waals surface area contributed by atoms with Crippen molar-refractivity contribution < 1.29 is 33.8 Å². The van der Waals surface area contributed by atoms with Gasteiger partial charge in [0.1, 0.15) is 18.5 Å². The zero-order valence-corrected chi connectivity index (χ0v) is 24.1. The second-order valence-corrected chi connectivity index (χ2v) is 11.8. The number of nitro benzene ring substituents is 1. The lowest BCUT2D eigenvalue weighted by atomic mass is 9.48. The SMILES string of the molecule is CC[C@]12C=CCN3CC[C@@]4(c5ccc(OC)cc5N(C)[C@H]4[C@@](O)(COC(=O)c4ccc([N+](=O)[O-])cc4)[C@@H]1OC(C)=O)C32. The first kappa shape index (κ1) is 28.2. The zero-order valence-electron chi connectivity index (χ0n) is 24.1. The highest BCUT2D eigenvalue weighted by atomic mass is 16.6. The fourth-order valence-corrected chi connectivity index (χ4v) is 8.59. The van der Waals surface area contributed by atoms with Gasteiger partial charge in [-0.1, -0.05) is 25.1 Å². The number of likely N-dealkylation sites (N-methyl/N-ethyl adjacent to an activating group) is 1. The van der Waals surface area contributed by atoms with Gasteiger partial charge in [-0.15, -0.1) is 0 Å². The predicted octanol–water partition coefficient (Wildman–Crippen LogP) is 3.23. The van der Waals surface area contributed by atoms with E-state index in [0.29, 0.717) is 12.2 Å². The second kappa shape index (κ2) is 9.81. The van der Waals surface area contributed by atoms with Gasteiger partial charge in [0.05, 0.1) is 23.6 Å². The Balaban J connectivity index is 1.50. The third-order valence-electron chi connectivity index (χ3n) is 9.96. The van der Waals surface area contributed by atoms with Crippen molar-refractivity contribution in [2.45, 2.75) is 55.9 Å². The second-order valence-electron chi connectivity index (χ2n) is 11.8. The predicted molar refractivity (Wildman–Crippen MR) is 153 cm³/mol. The number of non-ortho nitro benzene ring substituents is 1. The Morgan fingerprint density at radius 2 is 1.90 bits per heavy atom. The van der Waals surface area contributed by atoms with E-state index in [9.17, 15) is 24.8 Å². The maximum absolute atomic E-state index is 13.2. The lowest BCUT2D eigenvalue weighted by molar-refractivity contribution is -0.384. The minimum atomic E-state index is -1.83. The molecule has 11 nitrogen and oxygen atoms in total. The molecule has 4 aliphatic rings. The Bertz CT molecular complexity index is 1480. The Kier molecular flexibility index (Phi) is 6.58. The maximum atomic E-state index is 13.2. The number of aliphatic hydroxyl groups is 1. The molecular formula is C31H35N3O8. The standard InChI is InChI=1S/C31H35N3O8/c1-5-29-13-6-15-33-16-14-30(26(29)33)23-12-11-22(40-4)17-24(23)32(3)27(30)31(37,28(29)42-19(2)35)18-41-25(36)20-7-9-21(10-8-20)34(38)39/h6-13,17,26-28,37H,5,14-16,18H2,1-4H3/t26?,27-,28-,29-,30-,31+/m1/s1. The number of carbonyl (C=O) groups is 2. The molecule has 3 aliphatic heterocycles. The molecular weight excluding hydrogens is 542 g/mol. The maximum Gasteiger partial charge on any atom is 0.338 e. The molecule has 222 valence electrons. The van der Waals surface area contributed by atoms with E-state index in [-0.39, 0.29) is 17.3 Å². The number of methoxy groups -OCH3 is 1. The average Bonchev–Trinajstić information content (AvgIpc) is 3.50. The molecule has 2 aromatic rings. The summed E-state index contributed by atoms with van der Waals surface area (Å²) in [5.74, 6) is -0.599. The number of hydrogen-bond acceptors (Lipinski definition) is 10. The van der Waals surface area contributed by atoms with Crippen LogP contribution in [-0.4, -0.2) is 84.5 Å². The van der Waals surface area contributed by atoms with Crippen molar-refractivity contribution in [1.82, 2.24) is 4.90 Å². The van der Waals surface area contributed by atoms with E-state index in [1.165, 1.54) is 31.2 Å². The average molecular weight is 578 g/mol. The molecule has 1 N–H and O–H groups in total. The van der Waals surface area contributed by atoms with Crippen molar-refractivity contribution in [3.8, 4) is 5.75 Å². The van der Waals surface area contributed by atoms with E-state index in [2.05, 4.69) is 23.1 Å². The summed E-state index contributed by atoms with van der Waals surface area (Å²) in [5, 5.41) is 24.1. The van der Waals surface area contributed by atoms with Gasteiger partial charge in [0.15, 0.2) is 5.60 Å². The van der Waals surface area contributed by atoms with Gasteiger partial charge in [0, 0.05) is 61.3 Å². The first-order valence-corrected chi connectivity index (χ1v) is 14.2. The molecule has 1 saturated heterocycles. The number of anilines is 1. The summed E-state index contributed by atoms with van der Waals surface area (Å²) >= 11 is 0. The van der Waals surface area contributed by atoms with Gasteiger partial charge in [-0.05, 0) is 43.1 Å². The van der Waals surface area contributed by atoms with Gasteiger partial charge in [-0.2, -0.15) is 0 Å². The molecule has 1 spiro atoms. The summed E-state index contributed by atoms with van der Waals surface area (Å²) in [6.45, 7) is 4.44. The number of ether oxygens (including phenoxy) is 3. The topological polar surface area (TPSA) is 132 Å². The van der Waals surface area contributed by atoms with Gasteiger partial charge in [-0.25, -0.2) is 4.79 Å². The first-order valence-electron chi connectivity index (χ1n) is 14.2. The quantitative estimate of drug-likeness (QED) is 0.226. The van der Waals surface area contributed by atoms with Gasteiger partial charge >= 0.3 is 11.9 Å². The minimum absolute atomic E-state index is 0.0860. The molecule has 0 bridgehead atoms. The lowest BCUT2D eigenvalue weighted by Crippen LogP contribution is -2.80. The van der Waals surface area contributed by atoms with Crippen LogP contribution in [0, 0.1) is 15.5 Å². The molecule has 3 heterocycles. The Morgan fingerprint density at radius 1 is 1.17 bits per heavy atom. The summed E-state index contributed by atoms with van der Waals surface area (Å²) in [5.41, 5.74) is -1.22. The van der Waals surface area contributed by atoms with Crippen LogP contribution in [-0.2, 0) is 19.7 Å². The van der Waals surface area contributed by atoms with Crippen LogP contribution in [0.3, 0.4) is 0 Å². The van der Waals surface area contributed by atoms with Crippen molar-refractivity contribution in [3.63, 3.8) is 0 Å². The highest BCUT2D eigenvalue weighted by Gasteiger charge is 2.78. The Labute approximate surface area is 243 Å². The first-order chi connectivity index (χ1) is 20.0. The van der Waals surface area contributed by atoms with Crippen LogP contribution in [0.15, 0.2) is 54.6 Å². The van der Waals surface area contributed by atoms with Crippen molar-refractivity contribution in [2.24, 2.45) is 5.41 Å². The highest BCUT2D eigenvalue weighted by molar-refractivity contribution is 5.89. The number of fused-ring (bicyclic) bond motifs is 1. The molecule has 6 rings (SSSR count). The third kappa shape index (κ3) is 3.72. The number of hydrogen-bond donors (Lipinski definition) is 1. The van der Waals surface area contributed by atoms with Gasteiger partial charge in [0.2, 0.25) is 0 Å². The molecule has 42 heavy (non-hydrogen) atoms. The molecule has 1 unspecified atom stereocenters. The van der Waals surface area contributed by atoms with Crippen LogP contribution in [0.5, 0.6) is 5.75 Å². The van der Waals surface area contributed by atoms with Crippen LogP contribution in [0.1, 0.15) is 42.6 Å². The fourth-order valence-electron chi connectivity index (χ4n) is 8.59. The molecule has 0 radical (unpaired) electrons. The van der Waals surface area contributed by atoms with E-state index >= 15 is 0 Å². The van der Waals surface area contributed by atoms with Crippen LogP contribution < -0.4 is 9.64 Å². The monoisotopic (exact) mass is 577 g/mol. The molecule has 2 fully saturated rings. The minimum Gasteiger partial charge on any atom is -0.497 e. The number of nitrogens with zero attached hydrogens (tertiary/aromatic N) is 3. The van der Waals surface area contributed by atoms with Gasteiger partial charge in [-0.3, -0.25) is 19.8 Å².